The van der Waals surface area contributed by atoms with Crippen molar-refractivity contribution in [2.24, 2.45) is 0 Å². The molecule has 1 aliphatic heterocycles. The second-order valence-electron chi connectivity index (χ2n) is 7.30. The van der Waals surface area contributed by atoms with Crippen LogP contribution in [-0.2, 0) is 4.74 Å². The van der Waals surface area contributed by atoms with E-state index < -0.39 is 0 Å². The molecule has 3 aromatic rings. The van der Waals surface area contributed by atoms with Gasteiger partial charge in [-0.25, -0.2) is 0 Å². The topological polar surface area (TPSA) is 48.6 Å². The van der Waals surface area contributed by atoms with E-state index in [1.165, 1.54) is 0 Å². The molecule has 1 aliphatic rings. The number of morpholine rings is 1. The van der Waals surface area contributed by atoms with Gasteiger partial charge in [0.25, 0.3) is 5.91 Å². The van der Waals surface area contributed by atoms with Crippen molar-refractivity contribution in [1.82, 2.24) is 14.8 Å². The number of hydrogen-bond donors (Lipinski definition) is 1. The number of rotatable bonds is 4. The summed E-state index contributed by atoms with van der Waals surface area (Å²) in [5.74, 6) is 0.0205. The van der Waals surface area contributed by atoms with E-state index in [0.717, 1.165) is 23.0 Å². The molecule has 5 heteroatoms. The highest BCUT2D eigenvalue weighted by molar-refractivity contribution is 5.98. The predicted molar refractivity (Wildman–Crippen MR) is 107 cm³/mol. The van der Waals surface area contributed by atoms with Crippen LogP contribution in [0.3, 0.4) is 0 Å². The highest BCUT2D eigenvalue weighted by atomic mass is 16.5. The SMILES string of the molecule is CN(C)C[C@@H]1OCCN(C(=O)c2cc3ccccc3[nH]2)[C@H]1c1ccccc1. The molecule has 2 heterocycles. The van der Waals surface area contributed by atoms with E-state index in [-0.39, 0.29) is 18.1 Å². The van der Waals surface area contributed by atoms with Crippen molar-refractivity contribution >= 4 is 16.8 Å². The third kappa shape index (κ3) is 3.61. The number of ether oxygens (including phenoxy) is 1. The molecule has 5 nitrogen and oxygen atoms in total. The van der Waals surface area contributed by atoms with Crippen LogP contribution in [0.2, 0.25) is 0 Å². The van der Waals surface area contributed by atoms with Gasteiger partial charge in [0, 0.05) is 24.0 Å². The quantitative estimate of drug-likeness (QED) is 0.774. The number of likely N-dealkylation sites (N-methyl/N-ethyl adjacent to an activating group) is 1. The fourth-order valence-corrected chi connectivity index (χ4v) is 3.86. The largest absolute Gasteiger partial charge is 0.373 e. The number of H-pyrrole nitrogens is 1. The van der Waals surface area contributed by atoms with Crippen LogP contribution in [0.1, 0.15) is 22.1 Å². The lowest BCUT2D eigenvalue weighted by Gasteiger charge is -2.42. The van der Waals surface area contributed by atoms with Gasteiger partial charge in [-0.05, 0) is 31.8 Å². The average molecular weight is 363 g/mol. The third-order valence-electron chi connectivity index (χ3n) is 5.06. The van der Waals surface area contributed by atoms with Crippen LogP contribution in [0.25, 0.3) is 10.9 Å². The summed E-state index contributed by atoms with van der Waals surface area (Å²) in [6, 6.07) is 20.0. The van der Waals surface area contributed by atoms with E-state index in [1.54, 1.807) is 0 Å². The molecule has 0 aliphatic carbocycles. The molecule has 1 fully saturated rings. The van der Waals surface area contributed by atoms with Crippen LogP contribution in [0.5, 0.6) is 0 Å². The van der Waals surface area contributed by atoms with Gasteiger partial charge in [0.2, 0.25) is 0 Å². The van der Waals surface area contributed by atoms with Crippen LogP contribution in [-0.4, -0.2) is 60.6 Å². The Morgan fingerprint density at radius 1 is 1.15 bits per heavy atom. The minimum absolute atomic E-state index is 0.0205. The molecule has 140 valence electrons. The predicted octanol–water partition coefficient (Wildman–Crippen LogP) is 3.31. The molecule has 1 amide bonds. The smallest absolute Gasteiger partial charge is 0.270 e. The van der Waals surface area contributed by atoms with E-state index in [4.69, 9.17) is 4.74 Å². The average Bonchev–Trinajstić information content (AvgIpc) is 3.12. The Kier molecular flexibility index (Phi) is 4.97. The van der Waals surface area contributed by atoms with E-state index >= 15 is 0 Å². The van der Waals surface area contributed by atoms with Crippen molar-refractivity contribution in [2.45, 2.75) is 12.1 Å². The van der Waals surface area contributed by atoms with Crippen molar-refractivity contribution < 1.29 is 9.53 Å². The van der Waals surface area contributed by atoms with Gasteiger partial charge in [0.15, 0.2) is 0 Å². The summed E-state index contributed by atoms with van der Waals surface area (Å²) in [6.45, 7) is 1.89. The standard InChI is InChI=1S/C22H25N3O2/c1-24(2)15-20-21(16-8-4-3-5-9-16)25(12-13-27-20)22(26)19-14-17-10-6-7-11-18(17)23-19/h3-11,14,20-21,23H,12-13,15H2,1-2H3/t20-,21-/m0/s1. The fraction of sp³-hybridized carbons (Fsp3) is 0.318. The highest BCUT2D eigenvalue weighted by Crippen LogP contribution is 2.31. The Bertz CT molecular complexity index is 886. The maximum absolute atomic E-state index is 13.4. The first kappa shape index (κ1) is 17.8. The van der Waals surface area contributed by atoms with Crippen molar-refractivity contribution in [3.05, 3.63) is 71.9 Å². The van der Waals surface area contributed by atoms with E-state index in [9.17, 15) is 4.79 Å². The number of fused-ring (bicyclic) bond motifs is 1. The lowest BCUT2D eigenvalue weighted by Crippen LogP contribution is -2.51. The van der Waals surface area contributed by atoms with Gasteiger partial charge in [0.05, 0.1) is 18.8 Å². The third-order valence-corrected chi connectivity index (χ3v) is 5.06. The lowest BCUT2D eigenvalue weighted by atomic mass is 9.97. The summed E-state index contributed by atoms with van der Waals surface area (Å²) in [5, 5.41) is 1.05. The van der Waals surface area contributed by atoms with Crippen LogP contribution in [0.15, 0.2) is 60.7 Å². The molecule has 2 atom stereocenters. The summed E-state index contributed by atoms with van der Waals surface area (Å²) in [7, 11) is 4.06. The van der Waals surface area contributed by atoms with Gasteiger partial charge >= 0.3 is 0 Å². The number of carbonyl (C=O) groups is 1. The lowest BCUT2D eigenvalue weighted by molar-refractivity contribution is -0.0685. The molecule has 0 spiro atoms. The van der Waals surface area contributed by atoms with Crippen molar-refractivity contribution in [3.63, 3.8) is 0 Å². The summed E-state index contributed by atoms with van der Waals surface area (Å²) in [6.07, 6.45) is -0.0653. The van der Waals surface area contributed by atoms with Gasteiger partial charge in [0.1, 0.15) is 5.69 Å². The van der Waals surface area contributed by atoms with E-state index in [0.29, 0.717) is 18.8 Å². The molecule has 2 aromatic carbocycles. The number of hydrogen-bond acceptors (Lipinski definition) is 3. The molecule has 1 saturated heterocycles. The minimum atomic E-state index is -0.110. The summed E-state index contributed by atoms with van der Waals surface area (Å²) in [5.41, 5.74) is 2.71. The molecule has 1 N–H and O–H groups in total. The van der Waals surface area contributed by atoms with Crippen LogP contribution >= 0.6 is 0 Å². The number of para-hydroxylation sites is 1. The van der Waals surface area contributed by atoms with E-state index in [2.05, 4.69) is 22.0 Å². The molecule has 0 unspecified atom stereocenters. The first-order chi connectivity index (χ1) is 13.1. The Hall–Kier alpha value is -2.63. The summed E-state index contributed by atoms with van der Waals surface area (Å²) >= 11 is 0. The Labute approximate surface area is 159 Å². The van der Waals surface area contributed by atoms with Crippen LogP contribution in [0.4, 0.5) is 0 Å². The van der Waals surface area contributed by atoms with Gasteiger partial charge in [-0.2, -0.15) is 0 Å². The fourth-order valence-electron chi connectivity index (χ4n) is 3.86. The summed E-state index contributed by atoms with van der Waals surface area (Å²) < 4.78 is 6.09. The normalized spacial score (nSPS) is 20.3. The maximum Gasteiger partial charge on any atom is 0.270 e. The molecule has 1 aromatic heterocycles. The Balaban J connectivity index is 1.70. The number of carbonyl (C=O) groups excluding carboxylic acids is 1. The minimum Gasteiger partial charge on any atom is -0.373 e. The molecular formula is C22H25N3O2. The van der Waals surface area contributed by atoms with Gasteiger partial charge in [-0.1, -0.05) is 48.5 Å². The molecule has 0 saturated carbocycles. The Morgan fingerprint density at radius 3 is 2.63 bits per heavy atom. The molecule has 0 radical (unpaired) electrons. The molecule has 27 heavy (non-hydrogen) atoms. The maximum atomic E-state index is 13.4. The van der Waals surface area contributed by atoms with Crippen LogP contribution < -0.4 is 0 Å². The van der Waals surface area contributed by atoms with Crippen molar-refractivity contribution in [1.29, 1.82) is 0 Å². The highest BCUT2D eigenvalue weighted by Gasteiger charge is 2.37. The molecule has 4 rings (SSSR count). The van der Waals surface area contributed by atoms with E-state index in [1.807, 2.05) is 67.5 Å². The second kappa shape index (κ2) is 7.55. The molecular weight excluding hydrogens is 338 g/mol. The number of aromatic amines is 1. The van der Waals surface area contributed by atoms with Gasteiger partial charge in [-0.15, -0.1) is 0 Å². The number of aromatic nitrogens is 1. The first-order valence-electron chi connectivity index (χ1n) is 9.33. The monoisotopic (exact) mass is 363 g/mol. The van der Waals surface area contributed by atoms with Crippen molar-refractivity contribution in [3.8, 4) is 0 Å². The Morgan fingerprint density at radius 2 is 1.89 bits per heavy atom. The number of nitrogens with one attached hydrogen (secondary N) is 1. The van der Waals surface area contributed by atoms with Gasteiger partial charge < -0.3 is 19.5 Å². The zero-order chi connectivity index (χ0) is 18.8. The van der Waals surface area contributed by atoms with Crippen molar-refractivity contribution in [2.75, 3.05) is 33.8 Å². The van der Waals surface area contributed by atoms with Gasteiger partial charge in [-0.3, -0.25) is 4.79 Å². The second-order valence-corrected chi connectivity index (χ2v) is 7.30. The molecule has 0 bridgehead atoms. The van der Waals surface area contributed by atoms with Crippen LogP contribution in [0, 0.1) is 0 Å². The number of nitrogens with zero attached hydrogens (tertiary/aromatic N) is 2. The zero-order valence-electron chi connectivity index (χ0n) is 15.8. The summed E-state index contributed by atoms with van der Waals surface area (Å²) in [4.78, 5) is 20.8. The first-order valence-corrected chi connectivity index (χ1v) is 9.33. The number of amides is 1. The zero-order valence-corrected chi connectivity index (χ0v) is 15.8. The number of benzene rings is 2.